The number of benzene rings is 3. The van der Waals surface area contributed by atoms with Crippen LogP contribution in [-0.4, -0.2) is 24.3 Å². The summed E-state index contributed by atoms with van der Waals surface area (Å²) in [6, 6.07) is 23.0. The molecule has 2 aliphatic rings. The summed E-state index contributed by atoms with van der Waals surface area (Å²) in [6.45, 7) is 2.27. The van der Waals surface area contributed by atoms with Crippen LogP contribution in [0.2, 0.25) is 5.02 Å². The lowest BCUT2D eigenvalue weighted by Crippen LogP contribution is -2.48. The predicted octanol–water partition coefficient (Wildman–Crippen LogP) is 4.69. The van der Waals surface area contributed by atoms with Gasteiger partial charge in [0, 0.05) is 29.1 Å². The molecule has 170 valence electrons. The van der Waals surface area contributed by atoms with Gasteiger partial charge in [-0.15, -0.1) is 0 Å². The highest BCUT2D eigenvalue weighted by molar-refractivity contribution is 6.31. The first-order chi connectivity index (χ1) is 16.4. The molecule has 0 unspecified atom stereocenters. The Bertz CT molecular complexity index is 1340. The Morgan fingerprint density at radius 1 is 1.03 bits per heavy atom. The quantitative estimate of drug-likeness (QED) is 0.559. The van der Waals surface area contributed by atoms with E-state index in [0.717, 1.165) is 0 Å². The Labute approximate surface area is 201 Å². The molecule has 0 aliphatic carbocycles. The largest absolute Gasteiger partial charge is 0.439 e. The van der Waals surface area contributed by atoms with E-state index in [-0.39, 0.29) is 18.0 Å². The number of rotatable bonds is 4. The number of likely N-dealkylation sites (N-methyl/N-ethyl adjacent to an activating group) is 1. The normalized spacial score (nSPS) is 19.3. The third-order valence-electron chi connectivity index (χ3n) is 6.19. The van der Waals surface area contributed by atoms with Crippen molar-refractivity contribution in [2.45, 2.75) is 18.9 Å². The fourth-order valence-electron chi connectivity index (χ4n) is 4.59. The number of hydrogen-bond donors (Lipinski definition) is 1. The van der Waals surface area contributed by atoms with Crippen molar-refractivity contribution < 1.29 is 19.1 Å². The highest BCUT2D eigenvalue weighted by atomic mass is 35.5. The van der Waals surface area contributed by atoms with Crippen molar-refractivity contribution >= 4 is 40.6 Å². The summed E-state index contributed by atoms with van der Waals surface area (Å²) in [6.07, 6.45) is 0.0653. The smallest absolute Gasteiger partial charge is 0.356 e. The van der Waals surface area contributed by atoms with E-state index in [1.54, 1.807) is 53.4 Å². The highest BCUT2D eigenvalue weighted by Crippen LogP contribution is 2.51. The predicted molar refractivity (Wildman–Crippen MR) is 129 cm³/mol. The lowest BCUT2D eigenvalue weighted by atomic mass is 9.82. The summed E-state index contributed by atoms with van der Waals surface area (Å²) < 4.78 is 5.90. The molecule has 3 aromatic rings. The maximum Gasteiger partial charge on any atom is 0.356 e. The van der Waals surface area contributed by atoms with Crippen LogP contribution in [0.4, 0.5) is 5.69 Å². The summed E-state index contributed by atoms with van der Waals surface area (Å²) in [7, 11) is 0. The van der Waals surface area contributed by atoms with Gasteiger partial charge in [-0.2, -0.15) is 0 Å². The molecule has 0 fully saturated rings. The van der Waals surface area contributed by atoms with Gasteiger partial charge >= 0.3 is 5.97 Å². The zero-order valence-electron chi connectivity index (χ0n) is 18.4. The Morgan fingerprint density at radius 3 is 2.38 bits per heavy atom. The Balaban J connectivity index is 1.65. The third-order valence-corrected chi connectivity index (χ3v) is 6.42. The van der Waals surface area contributed by atoms with Crippen LogP contribution in [0.3, 0.4) is 0 Å². The molecular weight excluding hydrogens is 452 g/mol. The minimum absolute atomic E-state index is 0.0250. The lowest BCUT2D eigenvalue weighted by molar-refractivity contribution is -0.165. The summed E-state index contributed by atoms with van der Waals surface area (Å²) in [5.41, 5.74) is 1.32. The van der Waals surface area contributed by atoms with Crippen LogP contribution >= 0.6 is 11.6 Å². The van der Waals surface area contributed by atoms with E-state index in [0.29, 0.717) is 39.5 Å². The number of ether oxygens (including phenoxy) is 1. The van der Waals surface area contributed by atoms with E-state index in [2.05, 4.69) is 5.32 Å². The number of amides is 2. The second kappa shape index (κ2) is 8.47. The molecule has 0 saturated carbocycles. The van der Waals surface area contributed by atoms with Crippen LogP contribution < -0.4 is 10.2 Å². The zero-order valence-corrected chi connectivity index (χ0v) is 19.1. The second-order valence-corrected chi connectivity index (χ2v) is 8.58. The van der Waals surface area contributed by atoms with E-state index in [9.17, 15) is 14.4 Å². The minimum Gasteiger partial charge on any atom is -0.439 e. The monoisotopic (exact) mass is 472 g/mol. The summed E-state index contributed by atoms with van der Waals surface area (Å²) >= 11 is 6.28. The van der Waals surface area contributed by atoms with Crippen LogP contribution in [0, 0.1) is 0 Å². The number of hydrogen-bond acceptors (Lipinski definition) is 4. The Kier molecular flexibility index (Phi) is 5.46. The Hall–Kier alpha value is -3.90. The summed E-state index contributed by atoms with van der Waals surface area (Å²) in [4.78, 5) is 41.6. The molecule has 0 bridgehead atoms. The molecule has 5 rings (SSSR count). The van der Waals surface area contributed by atoms with E-state index < -0.39 is 17.5 Å². The number of halogens is 1. The van der Waals surface area contributed by atoms with E-state index in [4.69, 9.17) is 16.3 Å². The number of fused-ring (bicyclic) bond motifs is 2. The van der Waals surface area contributed by atoms with Crippen molar-refractivity contribution in [3.63, 3.8) is 0 Å². The summed E-state index contributed by atoms with van der Waals surface area (Å²) in [5.74, 6) is -1.54. The van der Waals surface area contributed by atoms with Gasteiger partial charge in [0.25, 0.3) is 11.8 Å². The van der Waals surface area contributed by atoms with Gasteiger partial charge in [0.1, 0.15) is 5.70 Å². The molecule has 0 radical (unpaired) electrons. The molecule has 0 aromatic heterocycles. The van der Waals surface area contributed by atoms with Crippen molar-refractivity contribution in [2.75, 3.05) is 11.4 Å². The number of carbonyl (C=O) groups is 3. The molecule has 34 heavy (non-hydrogen) atoms. The van der Waals surface area contributed by atoms with Gasteiger partial charge in [0.15, 0.2) is 0 Å². The standard InChI is InChI=1S/C27H21ClN2O4/c1-2-30-22-14-13-19(28)15-21(22)27(26(30)33)16-20(17-9-5-3-6-10-17)23(25(32)34-27)29-24(31)18-11-7-4-8-12-18/h3-15H,2,16H2,1H3,(H,29,31)/t27-/m1/s1. The van der Waals surface area contributed by atoms with E-state index in [1.165, 1.54) is 0 Å². The highest BCUT2D eigenvalue weighted by Gasteiger charge is 2.57. The molecule has 6 nitrogen and oxygen atoms in total. The van der Waals surface area contributed by atoms with Gasteiger partial charge in [-0.1, -0.05) is 60.1 Å². The van der Waals surface area contributed by atoms with Crippen molar-refractivity contribution in [3.8, 4) is 0 Å². The van der Waals surface area contributed by atoms with Crippen LogP contribution in [0.1, 0.15) is 34.8 Å². The number of carbonyl (C=O) groups excluding carboxylic acids is 3. The molecule has 1 N–H and O–H groups in total. The SMILES string of the molecule is CCN1C(=O)[C@@]2(CC(c3ccccc3)=C(NC(=O)c3ccccc3)C(=O)O2)c2cc(Cl)ccc21. The third kappa shape index (κ3) is 3.47. The van der Waals surface area contributed by atoms with Gasteiger partial charge in [-0.05, 0) is 48.4 Å². The van der Waals surface area contributed by atoms with Crippen molar-refractivity contribution in [1.29, 1.82) is 0 Å². The number of esters is 1. The van der Waals surface area contributed by atoms with Crippen molar-refractivity contribution in [3.05, 3.63) is 106 Å². The number of anilines is 1. The average Bonchev–Trinajstić information content (AvgIpc) is 3.08. The van der Waals surface area contributed by atoms with Crippen LogP contribution in [0.15, 0.2) is 84.6 Å². The van der Waals surface area contributed by atoms with Gasteiger partial charge in [0.05, 0.1) is 5.69 Å². The van der Waals surface area contributed by atoms with Gasteiger partial charge in [-0.25, -0.2) is 4.79 Å². The van der Waals surface area contributed by atoms with Crippen LogP contribution in [0.5, 0.6) is 0 Å². The number of nitrogens with one attached hydrogen (secondary N) is 1. The van der Waals surface area contributed by atoms with Gasteiger partial charge in [0.2, 0.25) is 5.60 Å². The molecule has 1 atom stereocenters. The van der Waals surface area contributed by atoms with Crippen molar-refractivity contribution in [2.24, 2.45) is 0 Å². The van der Waals surface area contributed by atoms with Gasteiger partial charge < -0.3 is 15.0 Å². The first kappa shape index (κ1) is 21.9. The van der Waals surface area contributed by atoms with E-state index >= 15 is 0 Å². The molecule has 7 heteroatoms. The molecule has 2 heterocycles. The topological polar surface area (TPSA) is 75.7 Å². The van der Waals surface area contributed by atoms with Crippen molar-refractivity contribution in [1.82, 2.24) is 5.32 Å². The zero-order chi connectivity index (χ0) is 23.9. The number of nitrogens with zero attached hydrogens (tertiary/aromatic N) is 1. The molecule has 3 aromatic carbocycles. The molecule has 1 spiro atoms. The first-order valence-corrected chi connectivity index (χ1v) is 11.3. The average molecular weight is 473 g/mol. The Morgan fingerprint density at radius 2 is 1.71 bits per heavy atom. The molecule has 2 amide bonds. The van der Waals surface area contributed by atoms with Crippen LogP contribution in [-0.2, 0) is 19.9 Å². The second-order valence-electron chi connectivity index (χ2n) is 8.14. The fraction of sp³-hybridized carbons (Fsp3) is 0.148. The van der Waals surface area contributed by atoms with Gasteiger partial charge in [-0.3, -0.25) is 9.59 Å². The molecule has 2 aliphatic heterocycles. The molecule has 0 saturated heterocycles. The summed E-state index contributed by atoms with van der Waals surface area (Å²) in [5, 5.41) is 3.17. The molecular formula is C27H21ClN2O4. The first-order valence-electron chi connectivity index (χ1n) is 10.9. The maximum absolute atomic E-state index is 13.7. The van der Waals surface area contributed by atoms with E-state index in [1.807, 2.05) is 37.3 Å². The fourth-order valence-corrected chi connectivity index (χ4v) is 4.76. The minimum atomic E-state index is -1.56. The maximum atomic E-state index is 13.7. The van der Waals surface area contributed by atoms with Crippen LogP contribution in [0.25, 0.3) is 5.57 Å². The lowest BCUT2D eigenvalue weighted by Gasteiger charge is -2.35.